The van der Waals surface area contributed by atoms with Gasteiger partial charge in [0, 0.05) is 10.9 Å². The van der Waals surface area contributed by atoms with Crippen molar-refractivity contribution in [2.24, 2.45) is 11.8 Å². The minimum absolute atomic E-state index is 0.365. The van der Waals surface area contributed by atoms with E-state index in [2.05, 4.69) is 25.3 Å². The summed E-state index contributed by atoms with van der Waals surface area (Å²) in [6.07, 6.45) is 5.89. The summed E-state index contributed by atoms with van der Waals surface area (Å²) < 4.78 is 0.860. The van der Waals surface area contributed by atoms with E-state index in [4.69, 9.17) is 17.4 Å². The molecule has 0 radical (unpaired) electrons. The summed E-state index contributed by atoms with van der Waals surface area (Å²) in [5.41, 5.74) is 2.99. The van der Waals surface area contributed by atoms with Gasteiger partial charge in [-0.05, 0) is 37.3 Å². The van der Waals surface area contributed by atoms with E-state index in [1.165, 1.54) is 30.6 Å². The standard InChI is InChI=1S/C13H23ClN2S/c1-3-5-10(6-4-2)12(16-15)9-11-7-8-13(14)17-11/h7-8,10,12,16H,3-6,9,15H2,1-2H3. The van der Waals surface area contributed by atoms with E-state index >= 15 is 0 Å². The molecule has 0 amide bonds. The van der Waals surface area contributed by atoms with Gasteiger partial charge in [0.1, 0.15) is 0 Å². The van der Waals surface area contributed by atoms with Crippen molar-refractivity contribution in [1.82, 2.24) is 5.43 Å². The first-order valence-corrected chi connectivity index (χ1v) is 7.61. The molecular weight excluding hydrogens is 252 g/mol. The fourth-order valence-electron chi connectivity index (χ4n) is 2.33. The van der Waals surface area contributed by atoms with Crippen LogP contribution in [0, 0.1) is 5.92 Å². The highest BCUT2D eigenvalue weighted by Crippen LogP contribution is 2.26. The van der Waals surface area contributed by atoms with Crippen LogP contribution in [0.2, 0.25) is 4.34 Å². The summed E-state index contributed by atoms with van der Waals surface area (Å²) in [7, 11) is 0. The predicted octanol–water partition coefficient (Wildman–Crippen LogP) is 3.99. The second-order valence-electron chi connectivity index (χ2n) is 4.52. The van der Waals surface area contributed by atoms with Gasteiger partial charge in [-0.15, -0.1) is 11.3 Å². The lowest BCUT2D eigenvalue weighted by molar-refractivity contribution is 0.312. The van der Waals surface area contributed by atoms with Crippen LogP contribution in [-0.4, -0.2) is 6.04 Å². The summed E-state index contributed by atoms with van der Waals surface area (Å²) in [4.78, 5) is 1.31. The van der Waals surface area contributed by atoms with Gasteiger partial charge in [0.15, 0.2) is 0 Å². The van der Waals surface area contributed by atoms with E-state index in [0.29, 0.717) is 12.0 Å². The van der Waals surface area contributed by atoms with Crippen LogP contribution in [-0.2, 0) is 6.42 Å². The van der Waals surface area contributed by atoms with Gasteiger partial charge in [0.2, 0.25) is 0 Å². The Morgan fingerprint density at radius 3 is 2.35 bits per heavy atom. The zero-order valence-electron chi connectivity index (χ0n) is 10.7. The van der Waals surface area contributed by atoms with Crippen molar-refractivity contribution in [3.63, 3.8) is 0 Å². The fraction of sp³-hybridized carbons (Fsp3) is 0.692. The number of hydrogen-bond donors (Lipinski definition) is 2. The molecule has 0 spiro atoms. The topological polar surface area (TPSA) is 38.0 Å². The van der Waals surface area contributed by atoms with Gasteiger partial charge in [-0.1, -0.05) is 38.3 Å². The second kappa shape index (κ2) is 8.09. The Bertz CT molecular complexity index is 308. The third-order valence-electron chi connectivity index (χ3n) is 3.15. The molecule has 0 saturated heterocycles. The van der Waals surface area contributed by atoms with Gasteiger partial charge in [0.25, 0.3) is 0 Å². The normalized spacial score (nSPS) is 13.2. The maximum atomic E-state index is 5.96. The lowest BCUT2D eigenvalue weighted by Gasteiger charge is -2.25. The highest BCUT2D eigenvalue weighted by molar-refractivity contribution is 7.16. The Morgan fingerprint density at radius 2 is 1.94 bits per heavy atom. The Morgan fingerprint density at radius 1 is 1.29 bits per heavy atom. The fourth-order valence-corrected chi connectivity index (χ4v) is 3.47. The molecule has 0 fully saturated rings. The first-order valence-electron chi connectivity index (χ1n) is 6.41. The van der Waals surface area contributed by atoms with Gasteiger partial charge in [-0.3, -0.25) is 11.3 Å². The van der Waals surface area contributed by atoms with Crippen molar-refractivity contribution in [1.29, 1.82) is 0 Å². The average Bonchev–Trinajstić information content (AvgIpc) is 2.72. The van der Waals surface area contributed by atoms with E-state index in [9.17, 15) is 0 Å². The molecule has 2 nitrogen and oxygen atoms in total. The minimum atomic E-state index is 0.365. The van der Waals surface area contributed by atoms with E-state index in [0.717, 1.165) is 10.8 Å². The summed E-state index contributed by atoms with van der Waals surface area (Å²) >= 11 is 7.61. The highest BCUT2D eigenvalue weighted by Gasteiger charge is 2.19. The maximum Gasteiger partial charge on any atom is 0.0931 e. The monoisotopic (exact) mass is 274 g/mol. The summed E-state index contributed by atoms with van der Waals surface area (Å²) in [5.74, 6) is 6.37. The smallest absolute Gasteiger partial charge is 0.0931 e. The largest absolute Gasteiger partial charge is 0.271 e. The first kappa shape index (κ1) is 15.0. The third kappa shape index (κ3) is 4.96. The van der Waals surface area contributed by atoms with Crippen LogP contribution in [0.4, 0.5) is 0 Å². The Kier molecular flexibility index (Phi) is 7.12. The Balaban J connectivity index is 2.61. The third-order valence-corrected chi connectivity index (χ3v) is 4.41. The number of thiophene rings is 1. The zero-order valence-corrected chi connectivity index (χ0v) is 12.3. The average molecular weight is 275 g/mol. The second-order valence-corrected chi connectivity index (χ2v) is 6.32. The van der Waals surface area contributed by atoms with Crippen molar-refractivity contribution in [3.8, 4) is 0 Å². The van der Waals surface area contributed by atoms with Crippen LogP contribution >= 0.6 is 22.9 Å². The molecule has 3 N–H and O–H groups in total. The van der Waals surface area contributed by atoms with Crippen LogP contribution in [0.3, 0.4) is 0 Å². The number of nitrogens with one attached hydrogen (secondary N) is 1. The van der Waals surface area contributed by atoms with Crippen LogP contribution in [0.25, 0.3) is 0 Å². The van der Waals surface area contributed by atoms with Crippen molar-refractivity contribution >= 4 is 22.9 Å². The molecule has 4 heteroatoms. The van der Waals surface area contributed by atoms with Gasteiger partial charge in [-0.2, -0.15) is 0 Å². The molecule has 1 rings (SSSR count). The molecule has 17 heavy (non-hydrogen) atoms. The highest BCUT2D eigenvalue weighted by atomic mass is 35.5. The van der Waals surface area contributed by atoms with Crippen molar-refractivity contribution < 1.29 is 0 Å². The number of rotatable bonds is 8. The SMILES string of the molecule is CCCC(CCC)C(Cc1ccc(Cl)s1)NN. The molecule has 0 aliphatic rings. The lowest BCUT2D eigenvalue weighted by Crippen LogP contribution is -2.42. The van der Waals surface area contributed by atoms with Gasteiger partial charge in [-0.25, -0.2) is 0 Å². The summed E-state index contributed by atoms with van der Waals surface area (Å²) in [6.45, 7) is 4.47. The number of hydrazine groups is 1. The molecule has 1 atom stereocenters. The van der Waals surface area contributed by atoms with Crippen molar-refractivity contribution in [2.75, 3.05) is 0 Å². The van der Waals surface area contributed by atoms with Gasteiger partial charge >= 0.3 is 0 Å². The van der Waals surface area contributed by atoms with Crippen LogP contribution in [0.5, 0.6) is 0 Å². The molecule has 0 bridgehead atoms. The van der Waals surface area contributed by atoms with Gasteiger partial charge < -0.3 is 0 Å². The van der Waals surface area contributed by atoms with Crippen molar-refractivity contribution in [3.05, 3.63) is 21.3 Å². The molecule has 1 aromatic rings. The summed E-state index contributed by atoms with van der Waals surface area (Å²) in [5, 5.41) is 0. The molecule has 0 aliphatic carbocycles. The molecule has 1 aromatic heterocycles. The molecule has 98 valence electrons. The zero-order chi connectivity index (χ0) is 12.7. The predicted molar refractivity (Wildman–Crippen MR) is 77.5 cm³/mol. The van der Waals surface area contributed by atoms with Crippen LogP contribution < -0.4 is 11.3 Å². The van der Waals surface area contributed by atoms with E-state index in [1.807, 2.05) is 6.07 Å². The van der Waals surface area contributed by atoms with E-state index in [1.54, 1.807) is 11.3 Å². The van der Waals surface area contributed by atoms with E-state index < -0.39 is 0 Å². The molecule has 1 heterocycles. The number of halogens is 1. The van der Waals surface area contributed by atoms with E-state index in [-0.39, 0.29) is 0 Å². The van der Waals surface area contributed by atoms with Crippen LogP contribution in [0.15, 0.2) is 12.1 Å². The molecule has 0 aliphatic heterocycles. The quantitative estimate of drug-likeness (QED) is 0.556. The van der Waals surface area contributed by atoms with Gasteiger partial charge in [0.05, 0.1) is 4.34 Å². The first-order chi connectivity index (χ1) is 8.21. The Labute approximate surface area is 114 Å². The molecule has 1 unspecified atom stereocenters. The minimum Gasteiger partial charge on any atom is -0.271 e. The van der Waals surface area contributed by atoms with Crippen LogP contribution in [0.1, 0.15) is 44.4 Å². The maximum absolute atomic E-state index is 5.96. The number of hydrogen-bond acceptors (Lipinski definition) is 3. The Hall–Kier alpha value is -0.0900. The van der Waals surface area contributed by atoms with Crippen molar-refractivity contribution in [2.45, 2.75) is 52.0 Å². The molecule has 0 aromatic carbocycles. The lowest BCUT2D eigenvalue weighted by atomic mass is 9.88. The number of nitrogens with two attached hydrogens (primary N) is 1. The molecular formula is C13H23ClN2S. The molecule has 0 saturated carbocycles. The summed E-state index contributed by atoms with van der Waals surface area (Å²) in [6, 6.07) is 4.43.